The zero-order valence-electron chi connectivity index (χ0n) is 19.0. The number of hydroxylamine groups is 2. The quantitative estimate of drug-likeness (QED) is 0.209. The molecule has 2 amide bonds. The predicted molar refractivity (Wildman–Crippen MR) is 119 cm³/mol. The maximum Gasteiger partial charge on any atom is 0.326 e. The van der Waals surface area contributed by atoms with Crippen molar-refractivity contribution < 1.29 is 39.0 Å². The highest BCUT2D eigenvalue weighted by atomic mass is 19.1. The van der Waals surface area contributed by atoms with Gasteiger partial charge >= 0.3 is 11.9 Å². The number of nitrogens with zero attached hydrogens (tertiary/aromatic N) is 4. The molecule has 13 heteroatoms. The zero-order chi connectivity index (χ0) is 25.8. The summed E-state index contributed by atoms with van der Waals surface area (Å²) < 4.78 is 13.9. The number of carbonyl (C=O) groups is 4. The average Bonchev–Trinajstić information content (AvgIpc) is 3.29. The van der Waals surface area contributed by atoms with E-state index in [1.807, 2.05) is 24.3 Å². The van der Waals surface area contributed by atoms with Gasteiger partial charge in [0, 0.05) is 12.8 Å². The Balaban J connectivity index is 1.76. The fourth-order valence-electron chi connectivity index (χ4n) is 3.16. The second kappa shape index (κ2) is 13.7. The summed E-state index contributed by atoms with van der Waals surface area (Å²) in [6, 6.07) is 5.93. The van der Waals surface area contributed by atoms with E-state index in [4.69, 9.17) is 10.2 Å². The largest absolute Gasteiger partial charge is 0.481 e. The third-order valence-electron chi connectivity index (χ3n) is 5.03. The highest BCUT2D eigenvalue weighted by Gasteiger charge is 2.23. The van der Waals surface area contributed by atoms with Crippen LogP contribution in [-0.4, -0.2) is 78.5 Å². The van der Waals surface area contributed by atoms with Gasteiger partial charge in [-0.1, -0.05) is 17.3 Å². The number of aliphatic carboxylic acids is 2. The molecular formula is C22H28FN5O7. The van der Waals surface area contributed by atoms with Crippen LogP contribution in [-0.2, 0) is 32.0 Å². The summed E-state index contributed by atoms with van der Waals surface area (Å²) in [6.07, 6.45) is 2.73. The van der Waals surface area contributed by atoms with Crippen LogP contribution >= 0.6 is 0 Å². The minimum absolute atomic E-state index is 0.0477. The number of aryl methyl sites for hydroxylation is 2. The van der Waals surface area contributed by atoms with Crippen LogP contribution in [0, 0.1) is 0 Å². The second-order valence-electron chi connectivity index (χ2n) is 7.81. The summed E-state index contributed by atoms with van der Waals surface area (Å²) in [5.41, 5.74) is 2.41. The zero-order valence-corrected chi connectivity index (χ0v) is 19.0. The number of hydrogen-bond acceptors (Lipinski definition) is 7. The van der Waals surface area contributed by atoms with E-state index < -0.39 is 49.4 Å². The Hall–Kier alpha value is -3.87. The van der Waals surface area contributed by atoms with Crippen molar-refractivity contribution in [2.45, 2.75) is 51.0 Å². The van der Waals surface area contributed by atoms with Crippen molar-refractivity contribution in [1.29, 1.82) is 0 Å². The second-order valence-corrected chi connectivity index (χ2v) is 7.81. The van der Waals surface area contributed by atoms with Crippen LogP contribution in [0.5, 0.6) is 0 Å². The van der Waals surface area contributed by atoms with Crippen LogP contribution in [0.3, 0.4) is 0 Å². The highest BCUT2D eigenvalue weighted by molar-refractivity contribution is 5.87. The standard InChI is InChI=1S/C22H28FN5O7/c23-12-2-4-16-13-27(26-25-16)17-8-6-15(7-9-17)3-1-5-20(30)28(35)14-19(29)24-18(22(33)34)10-11-21(31)32/h6-9,13,18,35H,1-5,10-12,14H2,(H,24,29)(H,31,32)(H,33,34). The van der Waals surface area contributed by atoms with E-state index in [1.165, 1.54) is 0 Å². The smallest absolute Gasteiger partial charge is 0.326 e. The summed E-state index contributed by atoms with van der Waals surface area (Å²) in [5.74, 6) is -4.26. The third kappa shape index (κ3) is 9.49. The Kier molecular flexibility index (Phi) is 10.8. The highest BCUT2D eigenvalue weighted by Crippen LogP contribution is 2.12. The number of aromatic nitrogens is 3. The molecule has 2 rings (SSSR count). The maximum atomic E-state index is 12.3. The van der Waals surface area contributed by atoms with Gasteiger partial charge in [0.15, 0.2) is 0 Å². The summed E-state index contributed by atoms with van der Waals surface area (Å²) >= 11 is 0. The Morgan fingerprint density at radius 3 is 2.40 bits per heavy atom. The van der Waals surface area contributed by atoms with E-state index in [2.05, 4.69) is 15.6 Å². The lowest BCUT2D eigenvalue weighted by atomic mass is 10.1. The monoisotopic (exact) mass is 493 g/mol. The molecule has 35 heavy (non-hydrogen) atoms. The number of carbonyl (C=O) groups excluding carboxylic acids is 2. The minimum atomic E-state index is -1.44. The normalized spacial score (nSPS) is 11.6. The van der Waals surface area contributed by atoms with Gasteiger partial charge < -0.3 is 15.5 Å². The number of rotatable bonds is 15. The van der Waals surface area contributed by atoms with Crippen molar-refractivity contribution in [3.63, 3.8) is 0 Å². The molecule has 0 radical (unpaired) electrons. The molecule has 0 fully saturated rings. The first-order valence-corrected chi connectivity index (χ1v) is 11.0. The van der Waals surface area contributed by atoms with Crippen molar-refractivity contribution >= 4 is 23.8 Å². The third-order valence-corrected chi connectivity index (χ3v) is 5.03. The lowest BCUT2D eigenvalue weighted by Gasteiger charge is -2.17. The van der Waals surface area contributed by atoms with Crippen molar-refractivity contribution in [2.24, 2.45) is 0 Å². The molecule has 1 unspecified atom stereocenters. The Bertz CT molecular complexity index is 1010. The number of halogens is 1. The molecule has 2 aromatic rings. The number of carboxylic acids is 2. The Labute approximate surface area is 200 Å². The van der Waals surface area contributed by atoms with Gasteiger partial charge in [0.05, 0.1) is 24.3 Å². The van der Waals surface area contributed by atoms with E-state index in [1.54, 1.807) is 10.9 Å². The first-order chi connectivity index (χ1) is 16.7. The fourth-order valence-corrected chi connectivity index (χ4v) is 3.16. The number of carboxylic acid groups (broad SMARTS) is 2. The molecule has 190 valence electrons. The molecule has 4 N–H and O–H groups in total. The molecule has 0 aliphatic rings. The number of nitrogens with one attached hydrogen (secondary N) is 1. The van der Waals surface area contributed by atoms with Gasteiger partial charge in [-0.25, -0.2) is 14.5 Å². The van der Waals surface area contributed by atoms with Gasteiger partial charge in [-0.15, -0.1) is 5.10 Å². The average molecular weight is 493 g/mol. The van der Waals surface area contributed by atoms with Gasteiger partial charge in [0.2, 0.25) is 11.8 Å². The molecule has 1 heterocycles. The van der Waals surface area contributed by atoms with E-state index in [9.17, 15) is 28.8 Å². The predicted octanol–water partition coefficient (Wildman–Crippen LogP) is 1.14. The minimum Gasteiger partial charge on any atom is -0.481 e. The van der Waals surface area contributed by atoms with E-state index in [0.717, 1.165) is 11.3 Å². The summed E-state index contributed by atoms with van der Waals surface area (Å²) in [5, 5.41) is 37.8. The molecule has 0 saturated heterocycles. The SMILES string of the molecule is O=C(O)CCC(NC(=O)CN(O)C(=O)CCCc1ccc(-n2cc(CCCF)nn2)cc1)C(=O)O. The fraction of sp³-hybridized carbons (Fsp3) is 0.455. The van der Waals surface area contributed by atoms with Crippen molar-refractivity contribution in [3.8, 4) is 5.69 Å². The maximum absolute atomic E-state index is 12.3. The first-order valence-electron chi connectivity index (χ1n) is 11.0. The number of benzene rings is 1. The van der Waals surface area contributed by atoms with Crippen LogP contribution in [0.2, 0.25) is 0 Å². The Morgan fingerprint density at radius 2 is 1.77 bits per heavy atom. The van der Waals surface area contributed by atoms with E-state index in [0.29, 0.717) is 31.4 Å². The molecule has 0 aliphatic carbocycles. The van der Waals surface area contributed by atoms with Gasteiger partial charge in [0.25, 0.3) is 0 Å². The van der Waals surface area contributed by atoms with Gasteiger partial charge in [-0.05, 0) is 49.8 Å². The summed E-state index contributed by atoms with van der Waals surface area (Å²) in [4.78, 5) is 45.7. The molecule has 0 spiro atoms. The van der Waals surface area contributed by atoms with Crippen molar-refractivity contribution in [1.82, 2.24) is 25.4 Å². The molecule has 0 aliphatic heterocycles. The van der Waals surface area contributed by atoms with E-state index >= 15 is 0 Å². The molecule has 0 bridgehead atoms. The number of amides is 2. The van der Waals surface area contributed by atoms with Gasteiger partial charge in [-0.2, -0.15) is 0 Å². The van der Waals surface area contributed by atoms with Crippen molar-refractivity contribution in [3.05, 3.63) is 41.7 Å². The number of hydrogen-bond donors (Lipinski definition) is 4. The Morgan fingerprint density at radius 1 is 1.06 bits per heavy atom. The van der Waals surface area contributed by atoms with E-state index in [-0.39, 0.29) is 17.9 Å². The molecular weight excluding hydrogens is 465 g/mol. The lowest BCUT2D eigenvalue weighted by Crippen LogP contribution is -2.46. The molecule has 1 aromatic heterocycles. The lowest BCUT2D eigenvalue weighted by molar-refractivity contribution is -0.169. The topological polar surface area (TPSA) is 175 Å². The molecule has 1 atom stereocenters. The van der Waals surface area contributed by atoms with Gasteiger partial charge in [-0.3, -0.25) is 24.0 Å². The van der Waals surface area contributed by atoms with Crippen LogP contribution in [0.25, 0.3) is 5.69 Å². The number of alkyl halides is 1. The summed E-state index contributed by atoms with van der Waals surface area (Å²) in [6.45, 7) is -1.18. The van der Waals surface area contributed by atoms with Crippen LogP contribution < -0.4 is 5.32 Å². The summed E-state index contributed by atoms with van der Waals surface area (Å²) in [7, 11) is 0. The van der Waals surface area contributed by atoms with Crippen LogP contribution in [0.4, 0.5) is 4.39 Å². The molecule has 1 aromatic carbocycles. The van der Waals surface area contributed by atoms with Crippen LogP contribution in [0.1, 0.15) is 43.4 Å². The molecule has 12 nitrogen and oxygen atoms in total. The molecule has 0 saturated carbocycles. The van der Waals surface area contributed by atoms with Crippen LogP contribution in [0.15, 0.2) is 30.5 Å². The van der Waals surface area contributed by atoms with Crippen molar-refractivity contribution in [2.75, 3.05) is 13.2 Å². The first kappa shape index (κ1) is 27.4. The van der Waals surface area contributed by atoms with Gasteiger partial charge in [0.1, 0.15) is 12.6 Å².